The molecule has 2 heterocycles. The van der Waals surface area contributed by atoms with E-state index in [0.29, 0.717) is 12.1 Å². The first-order valence-corrected chi connectivity index (χ1v) is 11.3. The van der Waals surface area contributed by atoms with E-state index >= 15 is 0 Å². The number of hydrogen-bond acceptors (Lipinski definition) is 5. The van der Waals surface area contributed by atoms with E-state index in [1.54, 1.807) is 25.1 Å². The van der Waals surface area contributed by atoms with Gasteiger partial charge in [0.15, 0.2) is 0 Å². The van der Waals surface area contributed by atoms with Crippen LogP contribution in [0.25, 0.3) is 5.69 Å². The molecule has 35 heavy (non-hydrogen) atoms. The van der Waals surface area contributed by atoms with Crippen LogP contribution in [0, 0.1) is 5.82 Å². The van der Waals surface area contributed by atoms with Crippen LogP contribution in [0.3, 0.4) is 0 Å². The normalized spacial score (nSPS) is 13.1. The standard InChI is InChI=1S/C23H19Cl2FN4O5/c1-2-35-21(32)15-12-29(14-6-7-18(17(26)10-14)28-9-8-27-22(28)33)23(34)30(20(15)31)11-13-4-3-5-16(24)19(13)25/h3-7,10,12H,2,8-9,11H2,1H3,(H,27,33). The van der Waals surface area contributed by atoms with Crippen molar-refractivity contribution >= 4 is 40.9 Å². The first-order chi connectivity index (χ1) is 16.7. The van der Waals surface area contributed by atoms with Crippen LogP contribution in [0.2, 0.25) is 10.0 Å². The second-order valence-corrected chi connectivity index (χ2v) is 8.32. The number of urea groups is 1. The van der Waals surface area contributed by atoms with E-state index in [1.807, 2.05) is 0 Å². The predicted molar refractivity (Wildman–Crippen MR) is 129 cm³/mol. The molecular weight excluding hydrogens is 502 g/mol. The maximum atomic E-state index is 15.0. The highest BCUT2D eigenvalue weighted by molar-refractivity contribution is 6.42. The summed E-state index contributed by atoms with van der Waals surface area (Å²) >= 11 is 12.3. The third kappa shape index (κ3) is 4.67. The molecule has 12 heteroatoms. The van der Waals surface area contributed by atoms with Gasteiger partial charge in [0.1, 0.15) is 11.4 Å². The summed E-state index contributed by atoms with van der Waals surface area (Å²) in [6.45, 7) is 1.94. The molecule has 1 aliphatic rings. The van der Waals surface area contributed by atoms with Gasteiger partial charge in [0.05, 0.1) is 34.6 Å². The van der Waals surface area contributed by atoms with Gasteiger partial charge in [-0.2, -0.15) is 0 Å². The van der Waals surface area contributed by atoms with E-state index in [1.165, 1.54) is 17.0 Å². The number of ether oxygens (including phenoxy) is 1. The van der Waals surface area contributed by atoms with Crippen molar-refractivity contribution < 1.29 is 18.7 Å². The Labute approximate surface area is 208 Å². The quantitative estimate of drug-likeness (QED) is 0.502. The lowest BCUT2D eigenvalue weighted by atomic mass is 10.2. The Kier molecular flexibility index (Phi) is 6.95. The number of hydrogen-bond donors (Lipinski definition) is 1. The topological polar surface area (TPSA) is 103 Å². The zero-order valence-electron chi connectivity index (χ0n) is 18.4. The van der Waals surface area contributed by atoms with E-state index in [-0.39, 0.29) is 41.1 Å². The van der Waals surface area contributed by atoms with Crippen LogP contribution >= 0.6 is 23.2 Å². The van der Waals surface area contributed by atoms with Gasteiger partial charge >= 0.3 is 17.7 Å². The van der Waals surface area contributed by atoms with E-state index in [9.17, 15) is 23.6 Å². The highest BCUT2D eigenvalue weighted by atomic mass is 35.5. The number of benzene rings is 2. The number of anilines is 1. The number of nitrogens with zero attached hydrogens (tertiary/aromatic N) is 3. The summed E-state index contributed by atoms with van der Waals surface area (Å²) in [5, 5.41) is 2.95. The number of carbonyl (C=O) groups excluding carboxylic acids is 2. The number of nitrogens with one attached hydrogen (secondary N) is 1. The van der Waals surface area contributed by atoms with Crippen LogP contribution in [0.4, 0.5) is 14.9 Å². The Balaban J connectivity index is 1.87. The van der Waals surface area contributed by atoms with Crippen molar-refractivity contribution in [3.8, 4) is 5.69 Å². The second-order valence-electron chi connectivity index (χ2n) is 7.54. The summed E-state index contributed by atoms with van der Waals surface area (Å²) in [4.78, 5) is 52.0. The Morgan fingerprint density at radius 1 is 1.17 bits per heavy atom. The van der Waals surface area contributed by atoms with Crippen LogP contribution in [-0.2, 0) is 11.3 Å². The van der Waals surface area contributed by atoms with Crippen LogP contribution in [0.5, 0.6) is 0 Å². The fraction of sp³-hybridized carbons (Fsp3) is 0.217. The molecule has 3 aromatic rings. The van der Waals surface area contributed by atoms with Crippen molar-refractivity contribution in [2.24, 2.45) is 0 Å². The molecule has 9 nitrogen and oxygen atoms in total. The first-order valence-electron chi connectivity index (χ1n) is 10.5. The summed E-state index contributed by atoms with van der Waals surface area (Å²) in [6.07, 6.45) is 1.01. The minimum Gasteiger partial charge on any atom is -0.462 e. The third-order valence-electron chi connectivity index (χ3n) is 5.38. The fourth-order valence-corrected chi connectivity index (χ4v) is 4.06. The van der Waals surface area contributed by atoms with Crippen molar-refractivity contribution in [3.05, 3.63) is 90.4 Å². The van der Waals surface area contributed by atoms with Crippen molar-refractivity contribution in [3.63, 3.8) is 0 Å². The number of halogens is 3. The molecule has 1 aromatic heterocycles. The van der Waals surface area contributed by atoms with Crippen molar-refractivity contribution in [1.29, 1.82) is 0 Å². The molecule has 2 aromatic carbocycles. The highest BCUT2D eigenvalue weighted by Gasteiger charge is 2.25. The Bertz CT molecular complexity index is 1450. The average molecular weight is 521 g/mol. The van der Waals surface area contributed by atoms with Crippen LogP contribution in [0.1, 0.15) is 22.8 Å². The van der Waals surface area contributed by atoms with Gasteiger partial charge in [-0.3, -0.25) is 18.8 Å². The maximum absolute atomic E-state index is 15.0. The Morgan fingerprint density at radius 2 is 1.94 bits per heavy atom. The second kappa shape index (κ2) is 9.93. The molecular formula is C23H19Cl2FN4O5. The van der Waals surface area contributed by atoms with Gasteiger partial charge in [0, 0.05) is 25.4 Å². The van der Waals surface area contributed by atoms with Crippen molar-refractivity contribution in [2.75, 3.05) is 24.6 Å². The highest BCUT2D eigenvalue weighted by Crippen LogP contribution is 2.26. The molecule has 1 saturated heterocycles. The molecule has 2 amide bonds. The van der Waals surface area contributed by atoms with Crippen LogP contribution in [-0.4, -0.2) is 40.8 Å². The molecule has 1 fully saturated rings. The first kappa shape index (κ1) is 24.5. The van der Waals surface area contributed by atoms with E-state index in [2.05, 4.69) is 5.32 Å². The van der Waals surface area contributed by atoms with Gasteiger partial charge in [-0.1, -0.05) is 35.3 Å². The molecule has 0 aliphatic carbocycles. The van der Waals surface area contributed by atoms with Gasteiger partial charge in [-0.05, 0) is 30.7 Å². The zero-order chi connectivity index (χ0) is 25.3. The Morgan fingerprint density at radius 3 is 2.60 bits per heavy atom. The molecule has 0 radical (unpaired) electrons. The van der Waals surface area contributed by atoms with Gasteiger partial charge in [-0.25, -0.2) is 18.8 Å². The summed E-state index contributed by atoms with van der Waals surface area (Å²) in [5.74, 6) is -1.71. The molecule has 0 unspecified atom stereocenters. The average Bonchev–Trinajstić information content (AvgIpc) is 3.25. The van der Waals surface area contributed by atoms with E-state index in [4.69, 9.17) is 27.9 Å². The molecule has 182 valence electrons. The van der Waals surface area contributed by atoms with E-state index < -0.39 is 34.6 Å². The molecule has 1 N–H and O–H groups in total. The van der Waals surface area contributed by atoms with Crippen molar-refractivity contribution in [1.82, 2.24) is 14.5 Å². The predicted octanol–water partition coefficient (Wildman–Crippen LogP) is 3.20. The monoisotopic (exact) mass is 520 g/mol. The van der Waals surface area contributed by atoms with Gasteiger partial charge in [0.2, 0.25) is 0 Å². The lowest BCUT2D eigenvalue weighted by Crippen LogP contribution is -2.42. The minimum atomic E-state index is -0.942. The lowest BCUT2D eigenvalue weighted by molar-refractivity contribution is 0.0522. The molecule has 0 bridgehead atoms. The third-order valence-corrected chi connectivity index (χ3v) is 6.24. The minimum absolute atomic E-state index is 0.00124. The van der Waals surface area contributed by atoms with E-state index in [0.717, 1.165) is 21.4 Å². The summed E-state index contributed by atoms with van der Waals surface area (Å²) in [6, 6.07) is 8.08. The van der Waals surface area contributed by atoms with Crippen LogP contribution < -0.4 is 21.5 Å². The Hall–Kier alpha value is -3.63. The largest absolute Gasteiger partial charge is 0.462 e. The maximum Gasteiger partial charge on any atom is 0.345 e. The zero-order valence-corrected chi connectivity index (χ0v) is 19.9. The summed E-state index contributed by atoms with van der Waals surface area (Å²) < 4.78 is 21.7. The molecule has 1 aliphatic heterocycles. The van der Waals surface area contributed by atoms with Crippen molar-refractivity contribution in [2.45, 2.75) is 13.5 Å². The van der Waals surface area contributed by atoms with Crippen LogP contribution in [0.15, 0.2) is 52.2 Å². The van der Waals surface area contributed by atoms with Gasteiger partial charge < -0.3 is 10.1 Å². The lowest BCUT2D eigenvalue weighted by Gasteiger charge is -2.17. The summed E-state index contributed by atoms with van der Waals surface area (Å²) in [5.41, 5.74) is -1.73. The molecule has 4 rings (SSSR count). The number of amides is 2. The SMILES string of the molecule is CCOC(=O)c1cn(-c2ccc(N3CCNC3=O)c(F)c2)c(=O)n(Cc2cccc(Cl)c2Cl)c1=O. The summed E-state index contributed by atoms with van der Waals surface area (Å²) in [7, 11) is 0. The van der Waals surface area contributed by atoms with Gasteiger partial charge in [0.25, 0.3) is 5.56 Å². The number of aromatic nitrogens is 2. The number of esters is 1. The number of carbonyl (C=O) groups is 2. The number of rotatable bonds is 6. The molecule has 0 spiro atoms. The smallest absolute Gasteiger partial charge is 0.345 e. The van der Waals surface area contributed by atoms with Gasteiger partial charge in [-0.15, -0.1) is 0 Å². The molecule has 0 atom stereocenters. The fourth-order valence-electron chi connectivity index (χ4n) is 3.68. The molecule has 0 saturated carbocycles.